The predicted molar refractivity (Wildman–Crippen MR) is 58.4 cm³/mol. The molecule has 0 atom stereocenters. The van der Waals surface area contributed by atoms with E-state index in [4.69, 9.17) is 9.47 Å². The second-order valence-corrected chi connectivity index (χ2v) is 2.57. The summed E-state index contributed by atoms with van der Waals surface area (Å²) in [5.41, 5.74) is 0. The Morgan fingerprint density at radius 1 is 0.600 bits per heavy atom. The van der Waals surface area contributed by atoms with E-state index in [1.165, 1.54) is 0 Å². The molecule has 7 heteroatoms. The van der Waals surface area contributed by atoms with Gasteiger partial charge in [-0.15, -0.1) is 26.2 Å². The van der Waals surface area contributed by atoms with Crippen LogP contribution in [-0.4, -0.2) is 52.6 Å². The van der Waals surface area contributed by atoms with Gasteiger partial charge in [0.25, 0.3) is 0 Å². The van der Waals surface area contributed by atoms with E-state index in [1.807, 2.05) is 0 Å². The van der Waals surface area contributed by atoms with Gasteiger partial charge in [-0.25, -0.2) is 0 Å². The van der Waals surface area contributed by atoms with Crippen LogP contribution >= 0.6 is 0 Å². The Balaban J connectivity index is -0.000000160. The van der Waals surface area contributed by atoms with Gasteiger partial charge in [-0.2, -0.15) is 0 Å². The Hall–Kier alpha value is 0.448. The van der Waals surface area contributed by atoms with E-state index in [2.05, 4.69) is 10.6 Å². The van der Waals surface area contributed by atoms with Gasteiger partial charge in [0, 0.05) is 26.4 Å². The summed E-state index contributed by atoms with van der Waals surface area (Å²) in [5, 5.41) is 8.10. The van der Waals surface area contributed by atoms with Gasteiger partial charge >= 0.3 is 21.1 Å². The van der Waals surface area contributed by atoms with Crippen LogP contribution in [0.25, 0.3) is 22.9 Å². The fourth-order valence-electron chi connectivity index (χ4n) is 0.944. The zero-order chi connectivity index (χ0) is 8.49. The van der Waals surface area contributed by atoms with Crippen LogP contribution in [0, 0.1) is 0 Å². The molecule has 0 aromatic heterocycles. The number of hydrogen-bond acceptors (Lipinski definition) is 2. The van der Waals surface area contributed by atoms with Gasteiger partial charge in [0.05, 0.1) is 0 Å². The van der Waals surface area contributed by atoms with Crippen molar-refractivity contribution in [1.29, 1.82) is 0 Å². The van der Waals surface area contributed by atoms with E-state index in [1.54, 1.807) is 0 Å². The molecule has 2 heterocycles. The molecule has 0 bridgehead atoms. The summed E-state index contributed by atoms with van der Waals surface area (Å²) in [4.78, 5) is 0. The molecule has 15 heavy (non-hydrogen) atoms. The molecular formula is C8H20N4O2Pt-2. The SMILES string of the molecule is C1COCC[N-]1.C1COCC[N-]1.[NH2-].[NH2-].[Pt+2]. The van der Waals surface area contributed by atoms with E-state index in [0.29, 0.717) is 0 Å². The van der Waals surface area contributed by atoms with Crippen molar-refractivity contribution in [3.63, 3.8) is 0 Å². The molecule has 96 valence electrons. The molecule has 2 aliphatic rings. The monoisotopic (exact) mass is 399 g/mol. The van der Waals surface area contributed by atoms with Crippen molar-refractivity contribution in [1.82, 2.24) is 0 Å². The number of hydrogen-bond donors (Lipinski definition) is 0. The Bertz CT molecular complexity index is 67.6. The Morgan fingerprint density at radius 3 is 0.933 bits per heavy atom. The molecule has 0 spiro atoms. The second kappa shape index (κ2) is 16.9. The van der Waals surface area contributed by atoms with Gasteiger partial charge < -0.3 is 32.4 Å². The Kier molecular flexibility index (Phi) is 23.4. The third-order valence-corrected chi connectivity index (χ3v) is 1.57. The first kappa shape index (κ1) is 20.8. The molecule has 2 rings (SSSR count). The molecule has 2 fully saturated rings. The van der Waals surface area contributed by atoms with Gasteiger partial charge in [0.15, 0.2) is 0 Å². The molecular weight excluding hydrogens is 379 g/mol. The quantitative estimate of drug-likeness (QED) is 0.622. The maximum Gasteiger partial charge on any atom is 2.00 e. The summed E-state index contributed by atoms with van der Waals surface area (Å²) in [6, 6.07) is 0. The molecule has 4 N–H and O–H groups in total. The molecule has 2 saturated heterocycles. The van der Waals surface area contributed by atoms with E-state index in [9.17, 15) is 0 Å². The molecule has 0 aromatic rings. The first-order valence-corrected chi connectivity index (χ1v) is 4.42. The number of morpholine rings is 2. The number of ether oxygens (including phenoxy) is 2. The number of nitrogens with two attached hydrogens (primary N) is 2. The van der Waals surface area contributed by atoms with Crippen molar-refractivity contribution in [2.75, 3.05) is 52.6 Å². The fraction of sp³-hybridized carbons (Fsp3) is 1.00. The van der Waals surface area contributed by atoms with E-state index < -0.39 is 0 Å². The molecule has 0 amide bonds. The Labute approximate surface area is 106 Å². The Morgan fingerprint density at radius 2 is 0.867 bits per heavy atom. The van der Waals surface area contributed by atoms with Crippen molar-refractivity contribution in [2.45, 2.75) is 0 Å². The maximum absolute atomic E-state index is 4.98. The molecule has 0 saturated carbocycles. The molecule has 0 aromatic carbocycles. The van der Waals surface area contributed by atoms with Crippen LogP contribution in [0.5, 0.6) is 0 Å². The summed E-state index contributed by atoms with van der Waals surface area (Å²) in [7, 11) is 0. The zero-order valence-electron chi connectivity index (χ0n) is 8.84. The number of rotatable bonds is 0. The van der Waals surface area contributed by atoms with Crippen molar-refractivity contribution in [2.24, 2.45) is 0 Å². The zero-order valence-corrected chi connectivity index (χ0v) is 11.1. The fourth-order valence-corrected chi connectivity index (χ4v) is 0.944. The topological polar surface area (TPSA) is 114 Å². The van der Waals surface area contributed by atoms with Crippen LogP contribution in [0.1, 0.15) is 0 Å². The first-order valence-electron chi connectivity index (χ1n) is 4.42. The standard InChI is InChI=1S/2C4H8NO.2H2N.Pt/c2*1-3-6-4-2-5-1;;;/h2*1-4H2;2*1H2;/q4*-1;+2. The smallest absolute Gasteiger partial charge is 0.693 e. The van der Waals surface area contributed by atoms with Gasteiger partial charge in [0.2, 0.25) is 0 Å². The molecule has 0 radical (unpaired) electrons. The average molecular weight is 399 g/mol. The van der Waals surface area contributed by atoms with E-state index in [0.717, 1.165) is 52.6 Å². The largest absolute Gasteiger partial charge is 2.00 e. The summed E-state index contributed by atoms with van der Waals surface area (Å²) in [6.45, 7) is 6.94. The van der Waals surface area contributed by atoms with Crippen molar-refractivity contribution < 1.29 is 30.5 Å². The molecule has 2 aliphatic heterocycles. The minimum absolute atomic E-state index is 0. The van der Waals surface area contributed by atoms with Gasteiger partial charge in [-0.3, -0.25) is 0 Å². The second-order valence-electron chi connectivity index (χ2n) is 2.57. The van der Waals surface area contributed by atoms with Crippen molar-refractivity contribution >= 4 is 0 Å². The number of nitrogens with zero attached hydrogens (tertiary/aromatic N) is 2. The van der Waals surface area contributed by atoms with Crippen molar-refractivity contribution in [3.8, 4) is 0 Å². The normalized spacial score (nSPS) is 19.2. The minimum Gasteiger partial charge on any atom is -0.693 e. The molecule has 0 unspecified atom stereocenters. The third-order valence-electron chi connectivity index (χ3n) is 1.57. The van der Waals surface area contributed by atoms with Crippen LogP contribution in [-0.2, 0) is 30.5 Å². The molecule has 0 aliphatic carbocycles. The van der Waals surface area contributed by atoms with Crippen LogP contribution < -0.4 is 0 Å². The third kappa shape index (κ3) is 14.4. The van der Waals surface area contributed by atoms with Crippen molar-refractivity contribution in [3.05, 3.63) is 22.9 Å². The van der Waals surface area contributed by atoms with Crippen LogP contribution in [0.15, 0.2) is 0 Å². The van der Waals surface area contributed by atoms with Crippen LogP contribution in [0.4, 0.5) is 0 Å². The van der Waals surface area contributed by atoms with Crippen LogP contribution in [0.2, 0.25) is 0 Å². The van der Waals surface area contributed by atoms with E-state index >= 15 is 0 Å². The summed E-state index contributed by atoms with van der Waals surface area (Å²) in [6.07, 6.45) is 0. The molecule has 6 nitrogen and oxygen atoms in total. The minimum atomic E-state index is 0. The van der Waals surface area contributed by atoms with Gasteiger partial charge in [0.1, 0.15) is 0 Å². The maximum atomic E-state index is 4.98. The van der Waals surface area contributed by atoms with E-state index in [-0.39, 0.29) is 33.4 Å². The van der Waals surface area contributed by atoms with Gasteiger partial charge in [-0.05, 0) is 0 Å². The summed E-state index contributed by atoms with van der Waals surface area (Å²) < 4.78 is 9.95. The summed E-state index contributed by atoms with van der Waals surface area (Å²) in [5.74, 6) is 0. The average Bonchev–Trinajstić information content (AvgIpc) is 2.24. The van der Waals surface area contributed by atoms with Crippen LogP contribution in [0.3, 0.4) is 0 Å². The first-order chi connectivity index (χ1) is 6.00. The summed E-state index contributed by atoms with van der Waals surface area (Å²) >= 11 is 0. The van der Waals surface area contributed by atoms with Gasteiger partial charge in [-0.1, -0.05) is 0 Å². The predicted octanol–water partition coefficient (Wildman–Crippen LogP) is 2.21.